The van der Waals surface area contributed by atoms with Crippen molar-refractivity contribution in [1.29, 1.82) is 0 Å². The lowest BCUT2D eigenvalue weighted by molar-refractivity contribution is -0.158. The van der Waals surface area contributed by atoms with Crippen LogP contribution in [0.15, 0.2) is 53.4 Å². The highest BCUT2D eigenvalue weighted by Gasteiger charge is 2.22. The van der Waals surface area contributed by atoms with Gasteiger partial charge in [-0.1, -0.05) is 30.3 Å². The quantitative estimate of drug-likeness (QED) is 0.413. The first-order valence-corrected chi connectivity index (χ1v) is 12.1. The van der Waals surface area contributed by atoms with Crippen LogP contribution in [-0.2, 0) is 30.9 Å². The highest BCUT2D eigenvalue weighted by atomic mass is 32.2. The zero-order valence-electron chi connectivity index (χ0n) is 18.7. The maximum absolute atomic E-state index is 12.5. The van der Waals surface area contributed by atoms with Gasteiger partial charge in [-0.15, -0.1) is 0 Å². The number of ether oxygens (including phenoxy) is 3. The summed E-state index contributed by atoms with van der Waals surface area (Å²) in [4.78, 5) is 26.1. The van der Waals surface area contributed by atoms with E-state index >= 15 is 0 Å². The Morgan fingerprint density at radius 3 is 2.52 bits per heavy atom. The van der Waals surface area contributed by atoms with E-state index in [-0.39, 0.29) is 30.2 Å². The number of sulfonamides is 1. The maximum atomic E-state index is 12.5. The Morgan fingerprint density at radius 2 is 1.79 bits per heavy atom. The molecular formula is C23H28N2O7S. The van der Waals surface area contributed by atoms with Crippen molar-refractivity contribution in [3.8, 4) is 11.5 Å². The van der Waals surface area contributed by atoms with E-state index in [9.17, 15) is 18.0 Å². The summed E-state index contributed by atoms with van der Waals surface area (Å²) in [5.74, 6) is -0.00128. The number of nitrogens with zero attached hydrogens (tertiary/aromatic N) is 1. The summed E-state index contributed by atoms with van der Waals surface area (Å²) < 4.78 is 43.4. The standard InChI is InChI=1S/C23H28N2O7S/c1-17(23(27)25(2)16-18-7-4-3-5-8-18)32-22(26)9-6-12-24-33(28,29)19-10-11-20-21(15-19)31-14-13-30-20/h3-5,7-8,10-11,15,17,24H,6,9,12-14,16H2,1-2H3. The van der Waals surface area contributed by atoms with E-state index < -0.39 is 22.1 Å². The highest BCUT2D eigenvalue weighted by Crippen LogP contribution is 2.32. The van der Waals surface area contributed by atoms with E-state index in [1.165, 1.54) is 24.0 Å². The van der Waals surface area contributed by atoms with Gasteiger partial charge in [0.2, 0.25) is 10.0 Å². The summed E-state index contributed by atoms with van der Waals surface area (Å²) in [6, 6.07) is 13.9. The molecule has 10 heteroatoms. The van der Waals surface area contributed by atoms with Gasteiger partial charge in [-0.3, -0.25) is 9.59 Å². The van der Waals surface area contributed by atoms with Crippen LogP contribution in [0.1, 0.15) is 25.3 Å². The molecule has 1 N–H and O–H groups in total. The minimum absolute atomic E-state index is 0.0241. The first-order valence-electron chi connectivity index (χ1n) is 10.6. The van der Waals surface area contributed by atoms with Gasteiger partial charge in [-0.25, -0.2) is 13.1 Å². The molecule has 0 bridgehead atoms. The molecule has 0 spiro atoms. The van der Waals surface area contributed by atoms with Gasteiger partial charge in [0.15, 0.2) is 17.6 Å². The number of carbonyl (C=O) groups is 2. The molecule has 9 nitrogen and oxygen atoms in total. The van der Waals surface area contributed by atoms with E-state index in [1.54, 1.807) is 13.1 Å². The molecule has 1 unspecified atom stereocenters. The van der Waals surface area contributed by atoms with Crippen molar-refractivity contribution in [2.24, 2.45) is 0 Å². The molecule has 1 atom stereocenters. The molecule has 0 saturated carbocycles. The molecule has 2 aromatic carbocycles. The van der Waals surface area contributed by atoms with Crippen molar-refractivity contribution in [1.82, 2.24) is 9.62 Å². The molecule has 178 valence electrons. The van der Waals surface area contributed by atoms with Crippen molar-refractivity contribution in [3.05, 3.63) is 54.1 Å². The molecule has 0 aliphatic carbocycles. The lowest BCUT2D eigenvalue weighted by atomic mass is 10.2. The van der Waals surface area contributed by atoms with Gasteiger partial charge in [-0.2, -0.15) is 0 Å². The Hall–Kier alpha value is -3.11. The highest BCUT2D eigenvalue weighted by molar-refractivity contribution is 7.89. The SMILES string of the molecule is CC(OC(=O)CCCNS(=O)(=O)c1ccc2c(c1)OCCO2)C(=O)N(C)Cc1ccccc1. The van der Waals surface area contributed by atoms with Crippen LogP contribution in [0.3, 0.4) is 0 Å². The van der Waals surface area contributed by atoms with E-state index in [1.807, 2.05) is 30.3 Å². The lowest BCUT2D eigenvalue weighted by Crippen LogP contribution is -2.37. The second kappa shape index (κ2) is 11.2. The molecule has 1 aliphatic rings. The van der Waals surface area contributed by atoms with Crippen molar-refractivity contribution in [3.63, 3.8) is 0 Å². The Kier molecular flexibility index (Phi) is 8.29. The summed E-state index contributed by atoms with van der Waals surface area (Å²) in [6.45, 7) is 2.74. The average molecular weight is 477 g/mol. The Morgan fingerprint density at radius 1 is 1.09 bits per heavy atom. The number of benzene rings is 2. The zero-order valence-corrected chi connectivity index (χ0v) is 19.5. The topological polar surface area (TPSA) is 111 Å². The van der Waals surface area contributed by atoms with E-state index in [2.05, 4.69) is 4.72 Å². The van der Waals surface area contributed by atoms with Gasteiger partial charge in [0, 0.05) is 32.6 Å². The Balaban J connectivity index is 1.41. The number of nitrogens with one attached hydrogen (secondary N) is 1. The van der Waals surface area contributed by atoms with Crippen LogP contribution in [0.5, 0.6) is 11.5 Å². The number of likely N-dealkylation sites (N-methyl/N-ethyl adjacent to an activating group) is 1. The van der Waals surface area contributed by atoms with Crippen molar-refractivity contribution < 1.29 is 32.2 Å². The number of fused-ring (bicyclic) bond motifs is 1. The molecule has 0 radical (unpaired) electrons. The fraction of sp³-hybridized carbons (Fsp3) is 0.391. The molecule has 1 aliphatic heterocycles. The van der Waals surface area contributed by atoms with Crippen LogP contribution >= 0.6 is 0 Å². The molecule has 0 aromatic heterocycles. The first-order chi connectivity index (χ1) is 15.8. The minimum atomic E-state index is -3.77. The predicted octanol–water partition coefficient (Wildman–Crippen LogP) is 2.11. The fourth-order valence-corrected chi connectivity index (χ4v) is 4.35. The predicted molar refractivity (Wildman–Crippen MR) is 120 cm³/mol. The van der Waals surface area contributed by atoms with Gasteiger partial charge in [-0.05, 0) is 31.0 Å². The zero-order chi connectivity index (χ0) is 23.8. The van der Waals surface area contributed by atoms with Gasteiger partial charge in [0.1, 0.15) is 13.2 Å². The molecule has 1 amide bonds. The Labute approximate surface area is 193 Å². The van der Waals surface area contributed by atoms with Crippen LogP contribution < -0.4 is 14.2 Å². The lowest BCUT2D eigenvalue weighted by Gasteiger charge is -2.21. The molecule has 0 saturated heterocycles. The molecular weight excluding hydrogens is 448 g/mol. The summed E-state index contributed by atoms with van der Waals surface area (Å²) in [7, 11) is -2.12. The summed E-state index contributed by atoms with van der Waals surface area (Å²) in [5.41, 5.74) is 0.970. The molecule has 3 rings (SSSR count). The van der Waals surface area contributed by atoms with Crippen LogP contribution in [0.4, 0.5) is 0 Å². The minimum Gasteiger partial charge on any atom is -0.486 e. The third-order valence-electron chi connectivity index (χ3n) is 4.97. The van der Waals surface area contributed by atoms with Crippen molar-refractivity contribution in [2.45, 2.75) is 37.3 Å². The summed E-state index contributed by atoms with van der Waals surface area (Å²) >= 11 is 0. The number of esters is 1. The second-order valence-electron chi connectivity index (χ2n) is 7.62. The van der Waals surface area contributed by atoms with Crippen molar-refractivity contribution >= 4 is 21.9 Å². The number of amides is 1. The first kappa shape index (κ1) is 24.5. The third-order valence-corrected chi connectivity index (χ3v) is 6.43. The molecule has 1 heterocycles. The monoisotopic (exact) mass is 476 g/mol. The normalized spacial score (nSPS) is 13.8. The van der Waals surface area contributed by atoms with Gasteiger partial charge >= 0.3 is 5.97 Å². The smallest absolute Gasteiger partial charge is 0.306 e. The van der Waals surface area contributed by atoms with Gasteiger partial charge in [0.05, 0.1) is 4.90 Å². The van der Waals surface area contributed by atoms with Crippen LogP contribution in [0.2, 0.25) is 0 Å². The summed E-state index contributed by atoms with van der Waals surface area (Å²) in [6.07, 6.45) is -0.729. The van der Waals surface area contributed by atoms with E-state index in [4.69, 9.17) is 14.2 Å². The van der Waals surface area contributed by atoms with Crippen molar-refractivity contribution in [2.75, 3.05) is 26.8 Å². The average Bonchev–Trinajstić information content (AvgIpc) is 2.81. The second-order valence-corrected chi connectivity index (χ2v) is 9.39. The largest absolute Gasteiger partial charge is 0.486 e. The van der Waals surface area contributed by atoms with E-state index in [0.717, 1.165) is 5.56 Å². The molecule has 33 heavy (non-hydrogen) atoms. The third kappa shape index (κ3) is 6.93. The number of hydrogen-bond acceptors (Lipinski definition) is 7. The number of hydrogen-bond donors (Lipinski definition) is 1. The van der Waals surface area contributed by atoms with Gasteiger partial charge < -0.3 is 19.1 Å². The Bertz CT molecular complexity index is 1070. The molecule has 0 fully saturated rings. The number of rotatable bonds is 10. The summed E-state index contributed by atoms with van der Waals surface area (Å²) in [5, 5.41) is 0. The fourth-order valence-electron chi connectivity index (χ4n) is 3.27. The number of carbonyl (C=O) groups excluding carboxylic acids is 2. The van der Waals surface area contributed by atoms with Crippen LogP contribution in [-0.4, -0.2) is 58.1 Å². The van der Waals surface area contributed by atoms with Crippen LogP contribution in [0, 0.1) is 0 Å². The van der Waals surface area contributed by atoms with Crippen LogP contribution in [0.25, 0.3) is 0 Å². The molecule has 2 aromatic rings. The maximum Gasteiger partial charge on any atom is 0.306 e. The van der Waals surface area contributed by atoms with Gasteiger partial charge in [0.25, 0.3) is 5.91 Å². The van der Waals surface area contributed by atoms with E-state index in [0.29, 0.717) is 31.3 Å².